The van der Waals surface area contributed by atoms with Crippen LogP contribution in [0.4, 0.5) is 8.78 Å². The number of aryl methyl sites for hydroxylation is 3. The monoisotopic (exact) mass is 1050 g/mol. The molecule has 251 valence electrons. The van der Waals surface area contributed by atoms with Crippen LogP contribution in [0.5, 0.6) is 0 Å². The van der Waals surface area contributed by atoms with Crippen LogP contribution in [0.1, 0.15) is 24.9 Å². The molecular formula is C31H29ClF2I3N9OV. The fourth-order valence-electron chi connectivity index (χ4n) is 3.21. The third-order valence-corrected chi connectivity index (χ3v) is 5.96. The Morgan fingerprint density at radius 2 is 1.12 bits per heavy atom. The van der Waals surface area contributed by atoms with Gasteiger partial charge in [-0.1, -0.05) is 19.0 Å². The topological polar surface area (TPSA) is 136 Å². The fraction of sp³-hybridized carbons (Fsp3) is 0.129. The first-order valence-electron chi connectivity index (χ1n) is 13.1. The van der Waals surface area contributed by atoms with E-state index in [1.165, 1.54) is 30.6 Å². The number of aromatic nitrogens is 9. The molecular weight excluding hydrogens is 1020 g/mol. The van der Waals surface area contributed by atoms with Gasteiger partial charge < -0.3 is 4.98 Å². The van der Waals surface area contributed by atoms with Crippen molar-refractivity contribution in [2.75, 3.05) is 0 Å². The molecule has 0 amide bonds. The molecule has 48 heavy (non-hydrogen) atoms. The van der Waals surface area contributed by atoms with Crippen molar-refractivity contribution in [1.82, 2.24) is 44.9 Å². The van der Waals surface area contributed by atoms with Gasteiger partial charge in [0, 0.05) is 70.1 Å². The number of pyridine rings is 3. The second-order valence-electron chi connectivity index (χ2n) is 8.57. The summed E-state index contributed by atoms with van der Waals surface area (Å²) >= 11 is 12.3. The van der Waals surface area contributed by atoms with Crippen molar-refractivity contribution >= 4 is 74.1 Å². The minimum atomic E-state index is -0.501. The molecule has 0 unspecified atom stereocenters. The first kappa shape index (κ1) is 43.4. The number of hydrogen-bond acceptors (Lipinski definition) is 9. The molecule has 6 aromatic rings. The third kappa shape index (κ3) is 18.3. The van der Waals surface area contributed by atoms with Crippen molar-refractivity contribution in [3.8, 4) is 22.5 Å². The molecule has 1 N–H and O–H groups in total. The van der Waals surface area contributed by atoms with Crippen molar-refractivity contribution in [2.45, 2.75) is 28.2 Å². The molecule has 0 saturated heterocycles. The predicted molar refractivity (Wildman–Crippen MR) is 206 cm³/mol. The number of nitrogens with one attached hydrogen (secondary N) is 1. The van der Waals surface area contributed by atoms with E-state index in [4.69, 9.17) is 11.6 Å². The molecule has 0 atom stereocenters. The van der Waals surface area contributed by atoms with Crippen molar-refractivity contribution < 1.29 is 18.2 Å². The molecule has 0 aromatic carbocycles. The Balaban J connectivity index is 0.000000318. The van der Waals surface area contributed by atoms with Gasteiger partial charge in [0.25, 0.3) is 0 Å². The van der Waals surface area contributed by atoms with Crippen LogP contribution in [0.2, 0.25) is 5.15 Å². The molecule has 6 heterocycles. The average molecular weight is 1050 g/mol. The van der Waals surface area contributed by atoms with Crippen molar-refractivity contribution in [3.63, 3.8) is 0 Å². The quantitative estimate of drug-likeness (QED) is 0.103. The Hall–Kier alpha value is -2.59. The molecule has 10 nitrogen and oxygen atoms in total. The van der Waals surface area contributed by atoms with Crippen LogP contribution in [0.25, 0.3) is 22.5 Å². The Kier molecular flexibility index (Phi) is 22.2. The molecule has 0 aliphatic carbocycles. The Labute approximate surface area is 324 Å². The van der Waals surface area contributed by atoms with Crippen molar-refractivity contribution in [2.24, 2.45) is 0 Å². The van der Waals surface area contributed by atoms with Crippen LogP contribution in [0, 0.1) is 36.2 Å². The van der Waals surface area contributed by atoms with Crippen LogP contribution >= 0.6 is 74.1 Å². The number of H-pyrrole nitrogens is 1. The molecule has 6 rings (SSSR count). The van der Waals surface area contributed by atoms with Gasteiger partial charge in [0.1, 0.15) is 22.6 Å². The first-order chi connectivity index (χ1) is 22.5. The summed E-state index contributed by atoms with van der Waals surface area (Å²) in [5.41, 5.74) is 2.86. The number of halogens is 6. The fourth-order valence-corrected chi connectivity index (χ4v) is 3.80. The van der Waals surface area contributed by atoms with Crippen molar-refractivity contribution in [3.05, 3.63) is 140 Å². The Morgan fingerprint density at radius 3 is 1.52 bits per heavy atom. The summed E-state index contributed by atoms with van der Waals surface area (Å²) in [6.45, 7) is 5.41. The van der Waals surface area contributed by atoms with E-state index >= 15 is 0 Å². The zero-order valence-corrected chi connectivity index (χ0v) is 33.5. The number of hydrogen-bond donors (Lipinski definition) is 1. The average Bonchev–Trinajstić information content (AvgIpc) is 3.02. The van der Waals surface area contributed by atoms with E-state index < -0.39 is 11.9 Å². The standard InChI is InChI=1S/C10H8FN3.C10H9N3O.C5H5ClN2.C5H3FIN.CH4.2HI.V/c1-7-12-5-3-9(14-7)8-2-4-13-10(11)6-8;1-7-11-5-3-9(13-7)8-2-4-12-10(14)6-8;1-4-7-3-2-5(6)8-4;6-5-3-4(7)1-2-8-5;;;;/h2-6H,1H3;2-6H,1H3,(H,12,14);2-3H,1H3;1-3H;1H4;2*1H;/q;;;;;;;+2/p-2. The van der Waals surface area contributed by atoms with Gasteiger partial charge in [-0.2, -0.15) is 8.78 Å². The molecule has 0 bridgehead atoms. The number of aromatic amines is 1. The number of nitrogens with zero attached hydrogens (tertiary/aromatic N) is 8. The van der Waals surface area contributed by atoms with Crippen LogP contribution in [-0.4, -0.2) is 44.9 Å². The van der Waals surface area contributed by atoms with Gasteiger partial charge in [-0.3, -0.25) is 4.79 Å². The molecule has 0 aliphatic rings. The summed E-state index contributed by atoms with van der Waals surface area (Å²) in [7, 11) is 0.628. The van der Waals surface area contributed by atoms with Gasteiger partial charge in [-0.15, -0.1) is 0 Å². The van der Waals surface area contributed by atoms with E-state index in [0.717, 1.165) is 14.8 Å². The van der Waals surface area contributed by atoms with E-state index in [9.17, 15) is 13.6 Å². The molecule has 0 radical (unpaired) electrons. The van der Waals surface area contributed by atoms with Crippen LogP contribution in [-0.2, 0) is 9.47 Å². The second-order valence-corrected chi connectivity index (χ2v) is 22.0. The zero-order valence-electron chi connectivity index (χ0n) is 24.9. The van der Waals surface area contributed by atoms with Gasteiger partial charge in [0.2, 0.25) is 17.5 Å². The van der Waals surface area contributed by atoms with Gasteiger partial charge >= 0.3 is 49.4 Å². The van der Waals surface area contributed by atoms with Gasteiger partial charge in [-0.05, 0) is 79.8 Å². The molecule has 17 heteroatoms. The summed E-state index contributed by atoms with van der Waals surface area (Å²) in [6, 6.07) is 14.7. The predicted octanol–water partition coefficient (Wildman–Crippen LogP) is 8.80. The molecule has 0 fully saturated rings. The second kappa shape index (κ2) is 24.5. The first-order valence-corrected chi connectivity index (χ1v) is 23.5. The summed E-state index contributed by atoms with van der Waals surface area (Å²) in [6.07, 6.45) is 9.42. The van der Waals surface area contributed by atoms with E-state index in [-0.39, 0.29) is 13.0 Å². The Morgan fingerprint density at radius 1 is 0.667 bits per heavy atom. The third-order valence-electron chi connectivity index (χ3n) is 5.08. The Bertz CT molecular complexity index is 1770. The maximum absolute atomic E-state index is 12.8. The van der Waals surface area contributed by atoms with Crippen LogP contribution in [0.3, 0.4) is 0 Å². The van der Waals surface area contributed by atoms with Crippen LogP contribution in [0.15, 0.2) is 96.6 Å². The summed E-state index contributed by atoms with van der Waals surface area (Å²) in [4.78, 5) is 44.5. The van der Waals surface area contributed by atoms with Gasteiger partial charge in [-0.25, -0.2) is 39.9 Å². The molecule has 0 spiro atoms. The van der Waals surface area contributed by atoms with E-state index in [1.54, 1.807) is 69.0 Å². The van der Waals surface area contributed by atoms with E-state index in [1.807, 2.05) is 35.6 Å². The SMILES string of the molecule is C.Cc1nccc(-c2cc[nH]c(=O)c2)n1.Cc1nccc(-c2ccnc(F)c2)n1.Cc1nccc(Cl)n1.Fc1cc(I)ccn1.[I][V][I]. The minimum absolute atomic E-state index is 0. The summed E-state index contributed by atoms with van der Waals surface area (Å²) < 4.78 is 25.7. The van der Waals surface area contributed by atoms with Crippen molar-refractivity contribution in [1.29, 1.82) is 0 Å². The molecule has 6 aromatic heterocycles. The van der Waals surface area contributed by atoms with E-state index in [2.05, 4.69) is 84.8 Å². The van der Waals surface area contributed by atoms with E-state index in [0.29, 0.717) is 43.3 Å². The zero-order chi connectivity index (χ0) is 34.6. The van der Waals surface area contributed by atoms with Gasteiger partial charge in [0.05, 0.1) is 11.4 Å². The summed E-state index contributed by atoms with van der Waals surface area (Å²) in [5.74, 6) is 1.15. The molecule has 0 aliphatic heterocycles. The summed E-state index contributed by atoms with van der Waals surface area (Å²) in [5, 5.41) is 0.498. The van der Waals surface area contributed by atoms with Crippen LogP contribution < -0.4 is 5.56 Å². The normalized spacial score (nSPS) is 9.27. The molecule has 0 saturated carbocycles. The maximum atomic E-state index is 12.8. The van der Waals surface area contributed by atoms with Gasteiger partial charge in [0.15, 0.2) is 0 Å². The number of rotatable bonds is 2.